The number of hydrogen-bond acceptors (Lipinski definition) is 4. The Hall–Kier alpha value is -1.43. The van der Waals surface area contributed by atoms with Crippen LogP contribution in [0.4, 0.5) is 5.13 Å². The summed E-state index contributed by atoms with van der Waals surface area (Å²) in [5.74, 6) is -0.0771. The first kappa shape index (κ1) is 16.9. The van der Waals surface area contributed by atoms with Crippen molar-refractivity contribution in [2.75, 3.05) is 11.9 Å². The number of fused-ring (bicyclic) bond motifs is 1. The van der Waals surface area contributed by atoms with Crippen molar-refractivity contribution in [3.05, 3.63) is 34.2 Å². The molecular formula is C16H20ClN3OS. The lowest BCUT2D eigenvalue weighted by Crippen LogP contribution is -2.15. The molecule has 1 aliphatic rings. The number of rotatable bonds is 4. The maximum Gasteiger partial charge on any atom is 0.227 e. The fourth-order valence-electron chi connectivity index (χ4n) is 2.75. The Bertz CT molecular complexity index is 684. The Morgan fingerprint density at radius 3 is 2.91 bits per heavy atom. The van der Waals surface area contributed by atoms with E-state index in [1.807, 2.05) is 6.92 Å². The highest BCUT2D eigenvalue weighted by Gasteiger charge is 2.15. The third-order valence-corrected chi connectivity index (χ3v) is 4.67. The molecule has 0 saturated carbocycles. The van der Waals surface area contributed by atoms with Crippen molar-refractivity contribution in [2.24, 2.45) is 5.73 Å². The van der Waals surface area contributed by atoms with Crippen molar-refractivity contribution in [3.63, 3.8) is 0 Å². The fraction of sp³-hybridized carbons (Fsp3) is 0.375. The lowest BCUT2D eigenvalue weighted by Gasteiger charge is -2.03. The molecule has 0 radical (unpaired) electrons. The van der Waals surface area contributed by atoms with Gasteiger partial charge in [-0.05, 0) is 43.4 Å². The zero-order valence-electron chi connectivity index (χ0n) is 12.5. The van der Waals surface area contributed by atoms with Crippen LogP contribution in [0.2, 0.25) is 0 Å². The smallest absolute Gasteiger partial charge is 0.227 e. The van der Waals surface area contributed by atoms with E-state index in [-0.39, 0.29) is 18.3 Å². The summed E-state index contributed by atoms with van der Waals surface area (Å²) in [6.07, 6.45) is 3.92. The van der Waals surface area contributed by atoms with Crippen LogP contribution in [0.3, 0.4) is 0 Å². The molecule has 2 aromatic rings. The monoisotopic (exact) mass is 337 g/mol. The van der Waals surface area contributed by atoms with Gasteiger partial charge in [-0.3, -0.25) is 4.79 Å². The number of amides is 1. The molecule has 1 heterocycles. The minimum absolute atomic E-state index is 0. The summed E-state index contributed by atoms with van der Waals surface area (Å²) in [6, 6.07) is 6.59. The van der Waals surface area contributed by atoms with E-state index < -0.39 is 0 Å². The van der Waals surface area contributed by atoms with E-state index in [1.54, 1.807) is 0 Å². The number of carbonyl (C=O) groups excluding carboxylic acids is 1. The molecule has 1 aromatic carbocycles. The van der Waals surface area contributed by atoms with Gasteiger partial charge < -0.3 is 11.1 Å². The van der Waals surface area contributed by atoms with Crippen LogP contribution in [0.25, 0.3) is 11.3 Å². The van der Waals surface area contributed by atoms with Gasteiger partial charge in [0.2, 0.25) is 5.91 Å². The van der Waals surface area contributed by atoms with Crippen LogP contribution in [-0.4, -0.2) is 17.4 Å². The van der Waals surface area contributed by atoms with Gasteiger partial charge in [0.05, 0.1) is 5.69 Å². The van der Waals surface area contributed by atoms with Gasteiger partial charge in [0.25, 0.3) is 0 Å². The first-order valence-electron chi connectivity index (χ1n) is 7.27. The van der Waals surface area contributed by atoms with Crippen LogP contribution in [0.1, 0.15) is 28.8 Å². The second kappa shape index (κ2) is 7.22. The van der Waals surface area contributed by atoms with E-state index in [0.29, 0.717) is 18.1 Å². The Labute approximate surface area is 140 Å². The molecule has 0 unspecified atom stereocenters. The van der Waals surface area contributed by atoms with E-state index >= 15 is 0 Å². The number of thiazole rings is 1. The number of nitrogens with two attached hydrogens (primary N) is 1. The summed E-state index contributed by atoms with van der Waals surface area (Å²) >= 11 is 1.51. The Balaban J connectivity index is 0.00000176. The molecule has 1 aliphatic carbocycles. The van der Waals surface area contributed by atoms with Gasteiger partial charge in [0.15, 0.2) is 5.13 Å². The first-order valence-corrected chi connectivity index (χ1v) is 8.08. The first-order chi connectivity index (χ1) is 10.2. The third-order valence-electron chi connectivity index (χ3n) is 3.79. The van der Waals surface area contributed by atoms with E-state index in [4.69, 9.17) is 5.73 Å². The maximum absolute atomic E-state index is 11.6. The molecule has 22 heavy (non-hydrogen) atoms. The predicted molar refractivity (Wildman–Crippen MR) is 93.9 cm³/mol. The number of anilines is 1. The summed E-state index contributed by atoms with van der Waals surface area (Å²) in [7, 11) is 0. The molecule has 0 spiro atoms. The Morgan fingerprint density at radius 1 is 1.36 bits per heavy atom. The second-order valence-electron chi connectivity index (χ2n) is 5.35. The average Bonchev–Trinajstić information content (AvgIpc) is 3.04. The zero-order chi connectivity index (χ0) is 14.8. The summed E-state index contributed by atoms with van der Waals surface area (Å²) in [5, 5.41) is 3.47. The molecule has 0 aliphatic heterocycles. The van der Waals surface area contributed by atoms with Crippen molar-refractivity contribution >= 4 is 34.8 Å². The van der Waals surface area contributed by atoms with Crippen LogP contribution in [0.15, 0.2) is 18.2 Å². The molecule has 0 saturated heterocycles. The lowest BCUT2D eigenvalue weighted by molar-refractivity contribution is -0.116. The highest BCUT2D eigenvalue weighted by molar-refractivity contribution is 7.16. The van der Waals surface area contributed by atoms with Gasteiger partial charge in [-0.15, -0.1) is 23.7 Å². The molecule has 0 atom stereocenters. The number of nitrogens with one attached hydrogen (secondary N) is 1. The zero-order valence-corrected chi connectivity index (χ0v) is 14.1. The summed E-state index contributed by atoms with van der Waals surface area (Å²) in [4.78, 5) is 17.3. The Morgan fingerprint density at radius 2 is 2.14 bits per heavy atom. The number of hydrogen-bond donors (Lipinski definition) is 2. The van der Waals surface area contributed by atoms with Crippen molar-refractivity contribution in [1.82, 2.24) is 4.98 Å². The van der Waals surface area contributed by atoms with Crippen LogP contribution in [0, 0.1) is 6.92 Å². The number of halogens is 1. The standard InChI is InChI=1S/C16H19N3OS.ClH/c1-10-15(19-16(21-10)18-14(20)7-8-17)13-6-5-11-3-2-4-12(11)9-13;/h5-6,9H,2-4,7-8,17H2,1H3,(H,18,19,20);1H. The minimum Gasteiger partial charge on any atom is -0.330 e. The summed E-state index contributed by atoms with van der Waals surface area (Å²) < 4.78 is 0. The van der Waals surface area contributed by atoms with Crippen LogP contribution in [0.5, 0.6) is 0 Å². The third kappa shape index (κ3) is 3.48. The number of aromatic nitrogens is 1. The van der Waals surface area contributed by atoms with Gasteiger partial charge in [-0.1, -0.05) is 12.1 Å². The lowest BCUT2D eigenvalue weighted by atomic mass is 10.0. The van der Waals surface area contributed by atoms with Gasteiger partial charge in [0, 0.05) is 23.4 Å². The highest BCUT2D eigenvalue weighted by Crippen LogP contribution is 2.33. The number of benzene rings is 1. The van der Waals surface area contributed by atoms with Gasteiger partial charge in [-0.25, -0.2) is 4.98 Å². The largest absolute Gasteiger partial charge is 0.330 e. The normalized spacial score (nSPS) is 12.6. The van der Waals surface area contributed by atoms with Gasteiger partial charge in [-0.2, -0.15) is 0 Å². The highest BCUT2D eigenvalue weighted by atomic mass is 35.5. The molecule has 0 bridgehead atoms. The molecule has 4 nitrogen and oxygen atoms in total. The average molecular weight is 338 g/mol. The van der Waals surface area contributed by atoms with E-state index in [9.17, 15) is 4.79 Å². The summed E-state index contributed by atoms with van der Waals surface area (Å²) in [6.45, 7) is 2.40. The number of carbonyl (C=O) groups is 1. The van der Waals surface area contributed by atoms with Crippen LogP contribution >= 0.6 is 23.7 Å². The fourth-order valence-corrected chi connectivity index (χ4v) is 3.60. The molecule has 1 aromatic heterocycles. The van der Waals surface area contributed by atoms with Crippen molar-refractivity contribution in [1.29, 1.82) is 0 Å². The number of nitrogens with zero attached hydrogens (tertiary/aromatic N) is 1. The predicted octanol–water partition coefficient (Wildman–Crippen LogP) is 3.32. The van der Waals surface area contributed by atoms with Crippen molar-refractivity contribution in [2.45, 2.75) is 32.6 Å². The number of aryl methyl sites for hydroxylation is 3. The molecule has 6 heteroatoms. The summed E-state index contributed by atoms with van der Waals surface area (Å²) in [5.41, 5.74) is 10.4. The molecule has 3 N–H and O–H groups in total. The maximum atomic E-state index is 11.6. The van der Waals surface area contributed by atoms with Crippen LogP contribution in [-0.2, 0) is 17.6 Å². The van der Waals surface area contributed by atoms with E-state index in [1.165, 1.54) is 35.3 Å². The molecule has 3 rings (SSSR count). The molecular weight excluding hydrogens is 318 g/mol. The SMILES string of the molecule is Cc1sc(NC(=O)CCN)nc1-c1ccc2c(c1)CCC2.Cl. The van der Waals surface area contributed by atoms with Gasteiger partial charge in [0.1, 0.15) is 0 Å². The minimum atomic E-state index is -0.0771. The van der Waals surface area contributed by atoms with Crippen molar-refractivity contribution in [3.8, 4) is 11.3 Å². The molecule has 118 valence electrons. The Kier molecular flexibility index (Phi) is 5.56. The van der Waals surface area contributed by atoms with Gasteiger partial charge >= 0.3 is 0 Å². The molecule has 0 fully saturated rings. The second-order valence-corrected chi connectivity index (χ2v) is 6.55. The van der Waals surface area contributed by atoms with Crippen molar-refractivity contribution < 1.29 is 4.79 Å². The van der Waals surface area contributed by atoms with E-state index in [0.717, 1.165) is 22.6 Å². The quantitative estimate of drug-likeness (QED) is 0.899. The van der Waals surface area contributed by atoms with Crippen LogP contribution < -0.4 is 11.1 Å². The topological polar surface area (TPSA) is 68.0 Å². The molecule has 1 amide bonds. The van der Waals surface area contributed by atoms with E-state index in [2.05, 4.69) is 28.5 Å².